The summed E-state index contributed by atoms with van der Waals surface area (Å²) >= 11 is 8.27. The van der Waals surface area contributed by atoms with Crippen molar-refractivity contribution in [2.24, 2.45) is 29.6 Å². The van der Waals surface area contributed by atoms with Gasteiger partial charge in [-0.25, -0.2) is 0 Å². The number of hydrogen-bond donors (Lipinski definition) is 3. The highest BCUT2D eigenvalue weighted by Gasteiger charge is 2.23. The summed E-state index contributed by atoms with van der Waals surface area (Å²) in [6.45, 7) is 29.9. The van der Waals surface area contributed by atoms with Crippen LogP contribution >= 0.6 is 23.4 Å². The third-order valence-corrected chi connectivity index (χ3v) is 10.9. The van der Waals surface area contributed by atoms with Crippen LogP contribution in [0.25, 0.3) is 0 Å². The van der Waals surface area contributed by atoms with E-state index in [-0.39, 0.29) is 12.0 Å². The predicted molar refractivity (Wildman–Crippen MR) is 218 cm³/mol. The van der Waals surface area contributed by atoms with Crippen molar-refractivity contribution in [3.8, 4) is 5.75 Å². The maximum absolute atomic E-state index is 6.50. The van der Waals surface area contributed by atoms with E-state index in [1.807, 2.05) is 12.1 Å². The number of rotatable bonds is 24. The lowest BCUT2D eigenvalue weighted by Gasteiger charge is -2.29. The van der Waals surface area contributed by atoms with Crippen molar-refractivity contribution in [3.05, 3.63) is 125 Å². The van der Waals surface area contributed by atoms with Crippen molar-refractivity contribution in [1.29, 1.82) is 0 Å². The molecular weight excluding hydrogens is 642 g/mol. The summed E-state index contributed by atoms with van der Waals surface area (Å²) in [6, 6.07) is 16.9. The first-order chi connectivity index (χ1) is 23.3. The second-order valence-electron chi connectivity index (χ2n) is 14.1. The molecule has 2 aromatic carbocycles. The Labute approximate surface area is 309 Å². The molecule has 0 heterocycles. The zero-order valence-corrected chi connectivity index (χ0v) is 33.2. The van der Waals surface area contributed by atoms with E-state index in [4.69, 9.17) is 16.3 Å². The molecule has 6 heteroatoms. The van der Waals surface area contributed by atoms with E-state index in [0.717, 1.165) is 49.2 Å². The van der Waals surface area contributed by atoms with Crippen molar-refractivity contribution in [2.45, 2.75) is 78.8 Å². The van der Waals surface area contributed by atoms with Gasteiger partial charge in [0.2, 0.25) is 0 Å². The SMILES string of the molecule is C=C(/C=C/CCC(C)[C@H](C)C(NC)c1ccccc1)N[C@H](Cc1ccc(OC)c(Cl)c1)C(=C)NCC(C)C(=C)CC(CC(C)C)C(=C)SC. The fourth-order valence-electron chi connectivity index (χ4n) is 6.31. The monoisotopic (exact) mass is 705 g/mol. The maximum atomic E-state index is 6.50. The van der Waals surface area contributed by atoms with Crippen molar-refractivity contribution >= 4 is 23.4 Å². The standard InChI is InChI=1S/C43H64ClN3OS/c1-29(2)24-39(36(9)49-12)25-31(4)32(5)28-46-35(8)41(27-37-22-23-42(48-11)40(44)26-37)47-33(6)19-17-16-18-30(3)34(7)43(45-10)38-20-14-13-15-21-38/h13-15,17,19-23,26,29-30,32,34,39,41,43,45-47H,4,6,8-9,16,18,24-25,27-28H2,1-3,5,7,10-12H3/b19-17+/t30?,32?,34-,39?,41+,43?/m0/s1. The van der Waals surface area contributed by atoms with E-state index in [2.05, 4.69) is 139 Å². The molecule has 0 aliphatic heterocycles. The van der Waals surface area contributed by atoms with Gasteiger partial charge in [-0.05, 0) is 109 Å². The zero-order chi connectivity index (χ0) is 36.5. The average molecular weight is 707 g/mol. The smallest absolute Gasteiger partial charge is 0.137 e. The third kappa shape index (κ3) is 14.5. The number of methoxy groups -OCH3 is 1. The molecule has 0 aliphatic carbocycles. The lowest BCUT2D eigenvalue weighted by atomic mass is 9.82. The molecule has 2 rings (SSSR count). The van der Waals surface area contributed by atoms with Crippen LogP contribution in [0.2, 0.25) is 5.02 Å². The van der Waals surface area contributed by atoms with Gasteiger partial charge in [-0.1, -0.05) is 121 Å². The molecule has 6 atom stereocenters. The first kappa shape index (κ1) is 42.3. The van der Waals surface area contributed by atoms with E-state index in [0.29, 0.717) is 46.9 Å². The molecule has 4 nitrogen and oxygen atoms in total. The number of benzene rings is 2. The maximum Gasteiger partial charge on any atom is 0.137 e. The molecule has 0 aliphatic rings. The minimum absolute atomic E-state index is 0.0896. The van der Waals surface area contributed by atoms with Crippen LogP contribution in [0.3, 0.4) is 0 Å². The molecule has 0 saturated carbocycles. The Kier molecular flexibility index (Phi) is 19.0. The first-order valence-corrected chi connectivity index (χ1v) is 19.4. The molecular formula is C43H64ClN3OS. The van der Waals surface area contributed by atoms with E-state index in [1.54, 1.807) is 18.9 Å². The van der Waals surface area contributed by atoms with E-state index in [1.165, 1.54) is 16.0 Å². The second-order valence-corrected chi connectivity index (χ2v) is 15.4. The van der Waals surface area contributed by atoms with Crippen molar-refractivity contribution < 1.29 is 4.74 Å². The van der Waals surface area contributed by atoms with Crippen LogP contribution in [-0.4, -0.2) is 33.0 Å². The largest absolute Gasteiger partial charge is 0.495 e. The fraction of sp³-hybridized carbons (Fsp3) is 0.488. The van der Waals surface area contributed by atoms with Crippen LogP contribution in [-0.2, 0) is 6.42 Å². The van der Waals surface area contributed by atoms with Crippen LogP contribution in [0.1, 0.15) is 77.5 Å². The Morgan fingerprint density at radius 2 is 1.69 bits per heavy atom. The van der Waals surface area contributed by atoms with Crippen LogP contribution in [0.5, 0.6) is 5.75 Å². The van der Waals surface area contributed by atoms with Gasteiger partial charge in [-0.2, -0.15) is 0 Å². The fourth-order valence-corrected chi connectivity index (χ4v) is 7.10. The molecule has 0 aromatic heterocycles. The van der Waals surface area contributed by atoms with Crippen molar-refractivity contribution in [2.75, 3.05) is 27.0 Å². The summed E-state index contributed by atoms with van der Waals surface area (Å²) in [4.78, 5) is 1.24. The molecule has 0 bridgehead atoms. The molecule has 4 unspecified atom stereocenters. The van der Waals surface area contributed by atoms with Crippen LogP contribution in [0, 0.1) is 29.6 Å². The Hall–Kier alpha value is -2.86. The number of nitrogens with one attached hydrogen (secondary N) is 3. The highest BCUT2D eigenvalue weighted by atomic mass is 35.5. The number of allylic oxidation sites excluding steroid dienone is 3. The summed E-state index contributed by atoms with van der Waals surface area (Å²) in [5.74, 6) is 3.07. The van der Waals surface area contributed by atoms with Gasteiger partial charge in [-0.3, -0.25) is 0 Å². The van der Waals surface area contributed by atoms with E-state index < -0.39 is 0 Å². The number of halogens is 1. The van der Waals surface area contributed by atoms with Gasteiger partial charge < -0.3 is 20.7 Å². The van der Waals surface area contributed by atoms with Crippen molar-refractivity contribution in [3.63, 3.8) is 0 Å². The summed E-state index contributed by atoms with van der Waals surface area (Å²) < 4.78 is 5.38. The molecule has 0 amide bonds. The molecule has 2 aromatic rings. The molecule has 270 valence electrons. The topological polar surface area (TPSA) is 45.3 Å². The van der Waals surface area contributed by atoms with Gasteiger partial charge in [0.1, 0.15) is 5.75 Å². The van der Waals surface area contributed by atoms with Gasteiger partial charge in [0, 0.05) is 24.0 Å². The first-order valence-electron chi connectivity index (χ1n) is 17.8. The normalized spacial score (nSPS) is 15.2. The lowest BCUT2D eigenvalue weighted by Crippen LogP contribution is -2.38. The molecule has 0 radical (unpaired) electrons. The van der Waals surface area contributed by atoms with Crippen LogP contribution in [0.4, 0.5) is 0 Å². The van der Waals surface area contributed by atoms with Crippen molar-refractivity contribution in [1.82, 2.24) is 16.0 Å². The van der Waals surface area contributed by atoms with Gasteiger partial charge in [-0.15, -0.1) is 11.8 Å². The van der Waals surface area contributed by atoms with E-state index >= 15 is 0 Å². The molecule has 0 fully saturated rings. The lowest BCUT2D eigenvalue weighted by molar-refractivity contribution is 0.286. The van der Waals surface area contributed by atoms with Crippen LogP contribution < -0.4 is 20.7 Å². The highest BCUT2D eigenvalue weighted by molar-refractivity contribution is 8.02. The van der Waals surface area contributed by atoms with Gasteiger partial charge >= 0.3 is 0 Å². The van der Waals surface area contributed by atoms with Gasteiger partial charge in [0.25, 0.3) is 0 Å². The van der Waals surface area contributed by atoms with E-state index in [9.17, 15) is 0 Å². The summed E-state index contributed by atoms with van der Waals surface area (Å²) in [5, 5.41) is 11.4. The number of thioether (sulfide) groups is 1. The minimum Gasteiger partial charge on any atom is -0.495 e. The zero-order valence-electron chi connectivity index (χ0n) is 31.6. The molecule has 49 heavy (non-hydrogen) atoms. The Balaban J connectivity index is 2.06. The molecule has 0 spiro atoms. The minimum atomic E-state index is -0.0896. The third-order valence-electron chi connectivity index (χ3n) is 9.75. The number of ether oxygens (including phenoxy) is 1. The Morgan fingerprint density at radius 1 is 1.00 bits per heavy atom. The van der Waals surface area contributed by atoms with Crippen LogP contribution in [0.15, 0.2) is 109 Å². The summed E-state index contributed by atoms with van der Waals surface area (Å²) in [7, 11) is 3.69. The summed E-state index contributed by atoms with van der Waals surface area (Å²) in [6.07, 6.45) is 11.3. The van der Waals surface area contributed by atoms with Gasteiger partial charge in [0.05, 0.1) is 18.2 Å². The second kappa shape index (κ2) is 22.1. The predicted octanol–water partition coefficient (Wildman–Crippen LogP) is 11.2. The molecule has 0 saturated heterocycles. The Bertz CT molecular complexity index is 1370. The quantitative estimate of drug-likeness (QED) is 0.0749. The highest BCUT2D eigenvalue weighted by Crippen LogP contribution is 2.33. The molecule has 3 N–H and O–H groups in total. The summed E-state index contributed by atoms with van der Waals surface area (Å²) in [5.41, 5.74) is 5.44. The Morgan fingerprint density at radius 3 is 2.29 bits per heavy atom. The van der Waals surface area contributed by atoms with Gasteiger partial charge in [0.15, 0.2) is 0 Å². The number of hydrogen-bond acceptors (Lipinski definition) is 5. The average Bonchev–Trinajstić information content (AvgIpc) is 3.08.